The van der Waals surface area contributed by atoms with Crippen LogP contribution < -0.4 is 5.32 Å². The Morgan fingerprint density at radius 1 is 1.33 bits per heavy atom. The molecule has 0 saturated carbocycles. The summed E-state index contributed by atoms with van der Waals surface area (Å²) in [4.78, 5) is 4.05. The minimum absolute atomic E-state index is 0.133. The number of hydrogen-bond acceptors (Lipinski definition) is 5. The molecule has 1 rings (SSSR count). The predicted molar refractivity (Wildman–Crippen MR) is 70.6 cm³/mol. The summed E-state index contributed by atoms with van der Waals surface area (Å²) in [5.74, 6) is 1.06. The number of rotatable bonds is 9. The highest BCUT2D eigenvalue weighted by Crippen LogP contribution is 2.15. The average molecular weight is 309 g/mol. The van der Waals surface area contributed by atoms with Crippen molar-refractivity contribution >= 4 is 0 Å². The number of aromatic nitrogens is 2. The van der Waals surface area contributed by atoms with E-state index < -0.39 is 12.8 Å². The van der Waals surface area contributed by atoms with Gasteiger partial charge in [0.15, 0.2) is 5.82 Å². The molecule has 0 aromatic carbocycles. The quantitative estimate of drug-likeness (QED) is 0.760. The smallest absolute Gasteiger partial charge is 0.364 e. The molecule has 122 valence electrons. The van der Waals surface area contributed by atoms with Crippen molar-refractivity contribution < 1.29 is 22.4 Å². The number of nitrogens with one attached hydrogen (secondary N) is 1. The molecule has 1 unspecified atom stereocenters. The minimum Gasteiger partial charge on any atom is -0.364 e. The van der Waals surface area contributed by atoms with Crippen LogP contribution in [0.4, 0.5) is 13.2 Å². The van der Waals surface area contributed by atoms with E-state index in [4.69, 9.17) is 4.52 Å². The third-order valence-electron chi connectivity index (χ3n) is 2.68. The lowest BCUT2D eigenvalue weighted by Gasteiger charge is -2.17. The Bertz CT molecular complexity index is 408. The molecular weight excluding hydrogens is 287 g/mol. The van der Waals surface area contributed by atoms with E-state index in [-0.39, 0.29) is 18.5 Å². The Morgan fingerprint density at radius 3 is 2.62 bits per heavy atom. The Labute approximate surface area is 122 Å². The molecule has 8 heteroatoms. The van der Waals surface area contributed by atoms with Crippen LogP contribution in [-0.4, -0.2) is 35.5 Å². The van der Waals surface area contributed by atoms with Crippen LogP contribution in [0.15, 0.2) is 4.52 Å². The molecule has 1 heterocycles. The molecule has 1 aromatic rings. The summed E-state index contributed by atoms with van der Waals surface area (Å²) in [6.07, 6.45) is -2.84. The van der Waals surface area contributed by atoms with E-state index in [2.05, 4.69) is 34.0 Å². The Balaban J connectivity index is 2.45. The van der Waals surface area contributed by atoms with Crippen molar-refractivity contribution in [2.45, 2.75) is 52.4 Å². The highest BCUT2D eigenvalue weighted by Gasteiger charge is 2.27. The second-order valence-corrected chi connectivity index (χ2v) is 5.30. The van der Waals surface area contributed by atoms with Gasteiger partial charge in [-0.2, -0.15) is 18.2 Å². The van der Waals surface area contributed by atoms with Crippen LogP contribution in [0, 0.1) is 5.92 Å². The van der Waals surface area contributed by atoms with Crippen LogP contribution in [0.1, 0.15) is 38.9 Å². The van der Waals surface area contributed by atoms with E-state index in [0.717, 1.165) is 13.0 Å². The second kappa shape index (κ2) is 8.33. The summed E-state index contributed by atoms with van der Waals surface area (Å²) in [5, 5.41) is 6.95. The number of ether oxygens (including phenoxy) is 1. The summed E-state index contributed by atoms with van der Waals surface area (Å²) in [5.41, 5.74) is 0. The van der Waals surface area contributed by atoms with E-state index in [9.17, 15) is 13.2 Å². The second-order valence-electron chi connectivity index (χ2n) is 5.30. The molecule has 5 nitrogen and oxygen atoms in total. The highest BCUT2D eigenvalue weighted by atomic mass is 19.4. The number of likely N-dealkylation sites (N-methyl/N-ethyl adjacent to an activating group) is 1. The SMILES string of the molecule is CCNC(Cc1nc(COCC(F)(F)F)no1)CC(C)C. The van der Waals surface area contributed by atoms with Crippen molar-refractivity contribution in [1.82, 2.24) is 15.5 Å². The maximum Gasteiger partial charge on any atom is 0.411 e. The van der Waals surface area contributed by atoms with Crippen molar-refractivity contribution in [3.05, 3.63) is 11.7 Å². The highest BCUT2D eigenvalue weighted by molar-refractivity contribution is 4.89. The number of nitrogens with zero attached hydrogens (tertiary/aromatic N) is 2. The molecule has 0 bridgehead atoms. The largest absolute Gasteiger partial charge is 0.411 e. The molecule has 0 aliphatic carbocycles. The van der Waals surface area contributed by atoms with E-state index in [1.165, 1.54) is 0 Å². The fourth-order valence-electron chi connectivity index (χ4n) is 2.00. The van der Waals surface area contributed by atoms with Gasteiger partial charge >= 0.3 is 6.18 Å². The first-order valence-electron chi connectivity index (χ1n) is 6.99. The third-order valence-corrected chi connectivity index (χ3v) is 2.68. The van der Waals surface area contributed by atoms with Crippen molar-refractivity contribution in [1.29, 1.82) is 0 Å². The summed E-state index contributed by atoms with van der Waals surface area (Å²) in [6.45, 7) is 5.46. The van der Waals surface area contributed by atoms with E-state index in [1.807, 2.05) is 6.92 Å². The molecule has 0 fully saturated rings. The van der Waals surface area contributed by atoms with Gasteiger partial charge in [-0.05, 0) is 18.9 Å². The first-order valence-corrected chi connectivity index (χ1v) is 6.99. The molecule has 0 amide bonds. The molecule has 0 radical (unpaired) electrons. The molecule has 1 aromatic heterocycles. The van der Waals surface area contributed by atoms with Gasteiger partial charge in [0.05, 0.1) is 0 Å². The molecule has 21 heavy (non-hydrogen) atoms. The van der Waals surface area contributed by atoms with Gasteiger partial charge in [-0.3, -0.25) is 0 Å². The molecule has 0 saturated heterocycles. The zero-order valence-electron chi connectivity index (χ0n) is 12.5. The lowest BCUT2D eigenvalue weighted by atomic mass is 10.0. The monoisotopic (exact) mass is 309 g/mol. The van der Waals surface area contributed by atoms with Gasteiger partial charge in [0, 0.05) is 12.5 Å². The van der Waals surface area contributed by atoms with Crippen molar-refractivity contribution in [3.63, 3.8) is 0 Å². The normalized spacial score (nSPS) is 13.9. The van der Waals surface area contributed by atoms with Crippen LogP contribution in [0.3, 0.4) is 0 Å². The first kappa shape index (κ1) is 17.9. The molecule has 1 atom stereocenters. The van der Waals surface area contributed by atoms with E-state index in [1.54, 1.807) is 0 Å². The molecule has 1 N–H and O–H groups in total. The third kappa shape index (κ3) is 8.01. The van der Waals surface area contributed by atoms with Crippen molar-refractivity contribution in [2.24, 2.45) is 5.92 Å². The maximum atomic E-state index is 11.9. The number of alkyl halides is 3. The summed E-state index contributed by atoms with van der Waals surface area (Å²) >= 11 is 0. The van der Waals surface area contributed by atoms with Crippen molar-refractivity contribution in [3.8, 4) is 0 Å². The summed E-state index contributed by atoms with van der Waals surface area (Å²) in [6, 6.07) is 0.208. The fraction of sp³-hybridized carbons (Fsp3) is 0.846. The van der Waals surface area contributed by atoms with Crippen molar-refractivity contribution in [2.75, 3.05) is 13.2 Å². The zero-order valence-corrected chi connectivity index (χ0v) is 12.5. The van der Waals surface area contributed by atoms with E-state index in [0.29, 0.717) is 18.2 Å². The molecule has 0 spiro atoms. The number of hydrogen-bond donors (Lipinski definition) is 1. The van der Waals surface area contributed by atoms with Gasteiger partial charge in [-0.25, -0.2) is 0 Å². The molecule has 0 aliphatic rings. The van der Waals surface area contributed by atoms with Gasteiger partial charge in [0.25, 0.3) is 0 Å². The summed E-state index contributed by atoms with van der Waals surface area (Å²) < 4.78 is 45.4. The van der Waals surface area contributed by atoms with Gasteiger partial charge in [0.1, 0.15) is 13.2 Å². The van der Waals surface area contributed by atoms with Gasteiger partial charge in [-0.1, -0.05) is 25.9 Å². The Hall–Kier alpha value is -1.15. The van der Waals surface area contributed by atoms with Crippen LogP contribution in [0.2, 0.25) is 0 Å². The van der Waals surface area contributed by atoms with Crippen LogP contribution in [0.5, 0.6) is 0 Å². The van der Waals surface area contributed by atoms with E-state index >= 15 is 0 Å². The lowest BCUT2D eigenvalue weighted by molar-refractivity contribution is -0.177. The fourth-order valence-corrected chi connectivity index (χ4v) is 2.00. The van der Waals surface area contributed by atoms with Gasteiger partial charge in [0.2, 0.25) is 5.89 Å². The maximum absolute atomic E-state index is 11.9. The lowest BCUT2D eigenvalue weighted by Crippen LogP contribution is -2.32. The van der Waals surface area contributed by atoms with Gasteiger partial charge < -0.3 is 14.6 Å². The molecule has 0 aliphatic heterocycles. The average Bonchev–Trinajstić information content (AvgIpc) is 2.74. The minimum atomic E-state index is -4.35. The Kier molecular flexibility index (Phi) is 7.10. The van der Waals surface area contributed by atoms with Crippen LogP contribution in [0.25, 0.3) is 0 Å². The zero-order chi connectivity index (χ0) is 15.9. The number of halogens is 3. The molecular formula is C13H22F3N3O2. The Morgan fingerprint density at radius 2 is 2.05 bits per heavy atom. The van der Waals surface area contributed by atoms with Gasteiger partial charge in [-0.15, -0.1) is 0 Å². The topological polar surface area (TPSA) is 60.2 Å². The predicted octanol–water partition coefficient (Wildman–Crippen LogP) is 2.72. The van der Waals surface area contributed by atoms with Crippen LogP contribution >= 0.6 is 0 Å². The standard InChI is InChI=1S/C13H22F3N3O2/c1-4-17-10(5-9(2)3)6-12-18-11(19-21-12)7-20-8-13(14,15)16/h9-10,17H,4-8H2,1-3H3. The van der Waals surface area contributed by atoms with Crippen LogP contribution in [-0.2, 0) is 17.8 Å². The summed E-state index contributed by atoms with van der Waals surface area (Å²) in [7, 11) is 0. The first-order chi connectivity index (χ1) is 9.80.